The lowest BCUT2D eigenvalue weighted by atomic mass is 10.0. The normalized spacial score (nSPS) is 17.3. The first-order valence-electron chi connectivity index (χ1n) is 13.4. The molecular formula is C29H40FN3O4. The Morgan fingerprint density at radius 1 is 1.05 bits per heavy atom. The van der Waals surface area contributed by atoms with Gasteiger partial charge in [-0.15, -0.1) is 0 Å². The van der Waals surface area contributed by atoms with Gasteiger partial charge in [0.05, 0.1) is 19.8 Å². The maximum Gasteiger partial charge on any atom is 0.318 e. The number of rotatable bonds is 11. The molecule has 0 atom stereocenters. The van der Waals surface area contributed by atoms with E-state index in [1.54, 1.807) is 12.1 Å². The first kappa shape index (κ1) is 27.4. The van der Waals surface area contributed by atoms with Crippen LogP contribution in [0.2, 0.25) is 0 Å². The Kier molecular flexibility index (Phi) is 10.2. The van der Waals surface area contributed by atoms with Gasteiger partial charge >= 0.3 is 6.03 Å². The highest BCUT2D eigenvalue weighted by Gasteiger charge is 2.29. The minimum absolute atomic E-state index is 0.0886. The van der Waals surface area contributed by atoms with E-state index in [2.05, 4.69) is 24.1 Å². The number of hydrogen-bond acceptors (Lipinski definition) is 5. The van der Waals surface area contributed by atoms with E-state index in [4.69, 9.17) is 14.2 Å². The van der Waals surface area contributed by atoms with Crippen molar-refractivity contribution in [2.75, 3.05) is 39.5 Å². The summed E-state index contributed by atoms with van der Waals surface area (Å²) in [6, 6.07) is 14.3. The van der Waals surface area contributed by atoms with E-state index in [0.717, 1.165) is 55.8 Å². The maximum atomic E-state index is 13.5. The highest BCUT2D eigenvalue weighted by Crippen LogP contribution is 2.21. The topological polar surface area (TPSA) is 63.3 Å². The summed E-state index contributed by atoms with van der Waals surface area (Å²) in [5.41, 5.74) is 1.93. The van der Waals surface area contributed by atoms with Gasteiger partial charge in [0.15, 0.2) is 6.29 Å². The number of hydrogen-bond donors (Lipinski definition) is 1. The highest BCUT2D eigenvalue weighted by atomic mass is 19.1. The summed E-state index contributed by atoms with van der Waals surface area (Å²) < 4.78 is 30.3. The molecule has 2 aromatic carbocycles. The highest BCUT2D eigenvalue weighted by molar-refractivity contribution is 5.74. The number of carbonyl (C=O) groups excluding carboxylic acids is 1. The van der Waals surface area contributed by atoms with Crippen molar-refractivity contribution in [1.29, 1.82) is 0 Å². The third-order valence-electron chi connectivity index (χ3n) is 6.85. The Balaban J connectivity index is 1.32. The zero-order valence-corrected chi connectivity index (χ0v) is 22.0. The summed E-state index contributed by atoms with van der Waals surface area (Å²) in [6.45, 7) is 9.91. The maximum absolute atomic E-state index is 13.5. The molecule has 2 heterocycles. The van der Waals surface area contributed by atoms with Gasteiger partial charge in [0.25, 0.3) is 0 Å². The summed E-state index contributed by atoms with van der Waals surface area (Å²) in [6.07, 6.45) is 2.56. The number of amides is 2. The van der Waals surface area contributed by atoms with E-state index in [-0.39, 0.29) is 24.2 Å². The molecule has 7 nitrogen and oxygen atoms in total. The lowest BCUT2D eigenvalue weighted by Gasteiger charge is -2.38. The average Bonchev–Trinajstić information content (AvgIpc) is 3.44. The molecule has 2 amide bonds. The van der Waals surface area contributed by atoms with Crippen LogP contribution in [0.3, 0.4) is 0 Å². The van der Waals surface area contributed by atoms with Crippen LogP contribution in [0.25, 0.3) is 0 Å². The summed E-state index contributed by atoms with van der Waals surface area (Å²) >= 11 is 0. The molecule has 0 radical (unpaired) electrons. The van der Waals surface area contributed by atoms with Gasteiger partial charge in [-0.25, -0.2) is 9.18 Å². The number of nitrogens with zero attached hydrogens (tertiary/aromatic N) is 2. The molecule has 0 unspecified atom stereocenters. The fraction of sp³-hybridized carbons (Fsp3) is 0.552. The molecule has 2 aliphatic rings. The molecule has 0 aliphatic carbocycles. The number of piperidine rings is 1. The van der Waals surface area contributed by atoms with Crippen molar-refractivity contribution in [3.63, 3.8) is 0 Å². The fourth-order valence-corrected chi connectivity index (χ4v) is 4.72. The van der Waals surface area contributed by atoms with Crippen molar-refractivity contribution in [3.05, 3.63) is 65.5 Å². The Morgan fingerprint density at radius 3 is 2.35 bits per heavy atom. The molecule has 8 heteroatoms. The van der Waals surface area contributed by atoms with E-state index in [0.29, 0.717) is 38.8 Å². The van der Waals surface area contributed by atoms with Crippen molar-refractivity contribution in [3.8, 4) is 5.75 Å². The SMILES string of the molecule is CC(C)COc1ccc(CNC(=O)N(Cc2ccc(F)cc2)C2CCN(CCC3OCCO3)CC2)cc1. The van der Waals surface area contributed by atoms with E-state index in [1.165, 1.54) is 12.1 Å². The molecule has 0 spiro atoms. The van der Waals surface area contributed by atoms with Crippen LogP contribution in [0.5, 0.6) is 5.75 Å². The van der Waals surface area contributed by atoms with Gasteiger partial charge in [0.1, 0.15) is 11.6 Å². The van der Waals surface area contributed by atoms with E-state index in [1.807, 2.05) is 29.2 Å². The van der Waals surface area contributed by atoms with Crippen LogP contribution in [0.1, 0.15) is 44.2 Å². The predicted molar refractivity (Wildman–Crippen MR) is 141 cm³/mol. The summed E-state index contributed by atoms with van der Waals surface area (Å²) in [4.78, 5) is 17.7. The second-order valence-electron chi connectivity index (χ2n) is 10.3. The third-order valence-corrected chi connectivity index (χ3v) is 6.85. The van der Waals surface area contributed by atoms with Gasteiger partial charge in [0.2, 0.25) is 0 Å². The molecule has 2 aliphatic heterocycles. The number of halogens is 1. The van der Waals surface area contributed by atoms with E-state index < -0.39 is 0 Å². The van der Waals surface area contributed by atoms with Crippen molar-refractivity contribution in [2.45, 2.75) is 58.5 Å². The quantitative estimate of drug-likeness (QED) is 0.468. The number of likely N-dealkylation sites (tertiary alicyclic amines) is 1. The summed E-state index contributed by atoms with van der Waals surface area (Å²) in [7, 11) is 0. The van der Waals surface area contributed by atoms with Crippen molar-refractivity contribution in [1.82, 2.24) is 15.1 Å². The Bertz CT molecular complexity index is 956. The Labute approximate surface area is 219 Å². The van der Waals surface area contributed by atoms with Crippen LogP contribution in [0.4, 0.5) is 9.18 Å². The van der Waals surface area contributed by atoms with Crippen LogP contribution in [-0.4, -0.2) is 67.6 Å². The smallest absolute Gasteiger partial charge is 0.318 e. The van der Waals surface area contributed by atoms with Crippen LogP contribution >= 0.6 is 0 Å². The second kappa shape index (κ2) is 13.7. The largest absolute Gasteiger partial charge is 0.493 e. The zero-order valence-electron chi connectivity index (χ0n) is 22.0. The minimum atomic E-state index is -0.274. The molecular weight excluding hydrogens is 473 g/mol. The second-order valence-corrected chi connectivity index (χ2v) is 10.3. The molecule has 2 aromatic rings. The van der Waals surface area contributed by atoms with Gasteiger partial charge in [-0.3, -0.25) is 0 Å². The number of urea groups is 1. The lowest BCUT2D eigenvalue weighted by molar-refractivity contribution is -0.0529. The van der Waals surface area contributed by atoms with E-state index in [9.17, 15) is 9.18 Å². The molecule has 0 bridgehead atoms. The van der Waals surface area contributed by atoms with Gasteiger partial charge in [-0.1, -0.05) is 38.1 Å². The minimum Gasteiger partial charge on any atom is -0.493 e. The first-order chi connectivity index (χ1) is 18.0. The number of ether oxygens (including phenoxy) is 3. The van der Waals surface area contributed by atoms with Crippen molar-refractivity contribution < 1.29 is 23.4 Å². The molecule has 1 N–H and O–H groups in total. The Morgan fingerprint density at radius 2 is 1.70 bits per heavy atom. The van der Waals surface area contributed by atoms with Crippen LogP contribution in [0, 0.1) is 11.7 Å². The molecule has 0 saturated carbocycles. The van der Waals surface area contributed by atoms with Crippen LogP contribution in [-0.2, 0) is 22.6 Å². The monoisotopic (exact) mass is 513 g/mol. The first-order valence-corrected chi connectivity index (χ1v) is 13.4. The molecule has 4 rings (SSSR count). The molecule has 37 heavy (non-hydrogen) atoms. The molecule has 2 fully saturated rings. The Hall–Kier alpha value is -2.68. The van der Waals surface area contributed by atoms with Gasteiger partial charge in [-0.05, 0) is 54.2 Å². The number of carbonyl (C=O) groups is 1. The van der Waals surface area contributed by atoms with Crippen LogP contribution < -0.4 is 10.1 Å². The molecule has 0 aromatic heterocycles. The van der Waals surface area contributed by atoms with Gasteiger partial charge < -0.3 is 29.3 Å². The lowest BCUT2D eigenvalue weighted by Crippen LogP contribution is -2.50. The van der Waals surface area contributed by atoms with Gasteiger partial charge in [0, 0.05) is 45.2 Å². The number of benzene rings is 2. The zero-order chi connectivity index (χ0) is 26.0. The fourth-order valence-electron chi connectivity index (χ4n) is 4.72. The van der Waals surface area contributed by atoms with Crippen molar-refractivity contribution >= 4 is 6.03 Å². The number of nitrogens with one attached hydrogen (secondary N) is 1. The van der Waals surface area contributed by atoms with E-state index >= 15 is 0 Å². The van der Waals surface area contributed by atoms with Gasteiger partial charge in [-0.2, -0.15) is 0 Å². The average molecular weight is 514 g/mol. The third kappa shape index (κ3) is 8.69. The predicted octanol–water partition coefficient (Wildman–Crippen LogP) is 4.80. The van der Waals surface area contributed by atoms with Crippen molar-refractivity contribution in [2.24, 2.45) is 5.92 Å². The molecule has 202 valence electrons. The van der Waals surface area contributed by atoms with Crippen LogP contribution in [0.15, 0.2) is 48.5 Å². The summed E-state index contributed by atoms with van der Waals surface area (Å²) in [5, 5.41) is 3.10. The standard InChI is InChI=1S/C29H40FN3O4/c1-22(2)21-37-27-9-5-23(6-10-27)19-31-29(34)33(20-24-3-7-25(30)8-4-24)26-11-14-32(15-12-26)16-13-28-35-17-18-36-28/h3-10,22,26,28H,11-21H2,1-2H3,(H,31,34). The molecule has 2 saturated heterocycles. The summed E-state index contributed by atoms with van der Waals surface area (Å²) in [5.74, 6) is 1.02.